The highest BCUT2D eigenvalue weighted by Gasteiger charge is 2.29. The van der Waals surface area contributed by atoms with Gasteiger partial charge in [-0.05, 0) is 19.1 Å². The molecule has 3 heterocycles. The van der Waals surface area contributed by atoms with Crippen LogP contribution in [0.2, 0.25) is 0 Å². The molecule has 0 saturated carbocycles. The molecule has 9 nitrogen and oxygen atoms in total. The van der Waals surface area contributed by atoms with E-state index >= 15 is 0 Å². The molecule has 1 fully saturated rings. The molecule has 3 rings (SSSR count). The number of nitrogens with zero attached hydrogens (tertiary/aromatic N) is 4. The van der Waals surface area contributed by atoms with Gasteiger partial charge in [0.15, 0.2) is 11.9 Å². The number of pyridine rings is 1. The van der Waals surface area contributed by atoms with Crippen molar-refractivity contribution < 1.29 is 24.2 Å². The Morgan fingerprint density at radius 1 is 1.46 bits per heavy atom. The van der Waals surface area contributed by atoms with Crippen LogP contribution in [-0.2, 0) is 19.1 Å². The Kier molecular flexibility index (Phi) is 5.96. The molecule has 1 N–H and O–H groups in total. The van der Waals surface area contributed by atoms with Crippen LogP contribution in [0.1, 0.15) is 5.69 Å². The summed E-state index contributed by atoms with van der Waals surface area (Å²) in [5.41, 5.74) is 2.42. The van der Waals surface area contributed by atoms with Crippen molar-refractivity contribution in [3.05, 3.63) is 24.2 Å². The van der Waals surface area contributed by atoms with Crippen molar-refractivity contribution in [3.8, 4) is 0 Å². The first kappa shape index (κ1) is 17.5. The fourth-order valence-corrected chi connectivity index (χ4v) is 2.37. The van der Waals surface area contributed by atoms with Crippen molar-refractivity contribution >= 4 is 29.3 Å². The number of aryl methyl sites for hydroxylation is 1. The van der Waals surface area contributed by atoms with Crippen molar-refractivity contribution in [3.63, 3.8) is 0 Å². The van der Waals surface area contributed by atoms with Crippen LogP contribution in [0.15, 0.2) is 18.5 Å². The summed E-state index contributed by atoms with van der Waals surface area (Å²) in [5.74, 6) is 0.350. The molecule has 2 aromatic rings. The number of rotatable bonds is 2. The van der Waals surface area contributed by atoms with E-state index in [0.29, 0.717) is 19.7 Å². The molecule has 1 unspecified atom stereocenters. The molecule has 0 aromatic carbocycles. The topological polar surface area (TPSA) is 115 Å². The third-order valence-corrected chi connectivity index (χ3v) is 3.43. The minimum absolute atomic E-state index is 0.250. The quantitative estimate of drug-likeness (QED) is 0.616. The summed E-state index contributed by atoms with van der Waals surface area (Å²) in [6.45, 7) is 3.16. The van der Waals surface area contributed by atoms with E-state index in [4.69, 9.17) is 19.4 Å². The van der Waals surface area contributed by atoms with Crippen LogP contribution in [0.5, 0.6) is 0 Å². The van der Waals surface area contributed by atoms with E-state index in [0.717, 1.165) is 22.5 Å². The number of methoxy groups -OCH3 is 1. The van der Waals surface area contributed by atoms with Gasteiger partial charge < -0.3 is 19.5 Å². The average Bonchev–Trinajstić information content (AvgIpc) is 2.61. The zero-order valence-electron chi connectivity index (χ0n) is 13.4. The van der Waals surface area contributed by atoms with Gasteiger partial charge in [0.1, 0.15) is 11.8 Å². The summed E-state index contributed by atoms with van der Waals surface area (Å²) >= 11 is 0. The SMILES string of the molecule is COC(=O)C1CN(c2ncnc3ccc(C)nc23)CCO1.O=CO. The van der Waals surface area contributed by atoms with Crippen molar-refractivity contribution in [2.45, 2.75) is 13.0 Å². The zero-order chi connectivity index (χ0) is 17.5. The predicted octanol–water partition coefficient (Wildman–Crippen LogP) is 0.412. The van der Waals surface area contributed by atoms with Crippen LogP contribution in [0, 0.1) is 6.92 Å². The number of carbonyl (C=O) groups is 2. The van der Waals surface area contributed by atoms with Crippen molar-refractivity contribution in [1.29, 1.82) is 0 Å². The largest absolute Gasteiger partial charge is 0.483 e. The molecule has 1 atom stereocenters. The maximum Gasteiger partial charge on any atom is 0.336 e. The Labute approximate surface area is 138 Å². The normalized spacial score (nSPS) is 16.9. The maximum absolute atomic E-state index is 11.6. The fraction of sp³-hybridized carbons (Fsp3) is 0.400. The Morgan fingerprint density at radius 3 is 2.92 bits per heavy atom. The number of carboxylic acid groups (broad SMARTS) is 1. The lowest BCUT2D eigenvalue weighted by atomic mass is 10.2. The van der Waals surface area contributed by atoms with Gasteiger partial charge in [0, 0.05) is 12.2 Å². The molecular weight excluding hydrogens is 316 g/mol. The molecular formula is C15H18N4O5. The number of fused-ring (bicyclic) bond motifs is 1. The number of carbonyl (C=O) groups excluding carboxylic acids is 1. The maximum atomic E-state index is 11.6. The van der Waals surface area contributed by atoms with E-state index in [1.165, 1.54) is 13.4 Å². The van der Waals surface area contributed by atoms with E-state index in [2.05, 4.69) is 15.0 Å². The van der Waals surface area contributed by atoms with Gasteiger partial charge in [-0.3, -0.25) is 4.79 Å². The van der Waals surface area contributed by atoms with Gasteiger partial charge in [0.2, 0.25) is 0 Å². The number of ether oxygens (including phenoxy) is 2. The van der Waals surface area contributed by atoms with Gasteiger partial charge in [-0.2, -0.15) is 0 Å². The van der Waals surface area contributed by atoms with Crippen LogP contribution in [0.25, 0.3) is 11.0 Å². The lowest BCUT2D eigenvalue weighted by Gasteiger charge is -2.32. The van der Waals surface area contributed by atoms with Crippen molar-refractivity contribution in [2.24, 2.45) is 0 Å². The third kappa shape index (κ3) is 3.93. The molecule has 0 aliphatic carbocycles. The molecule has 0 radical (unpaired) electrons. The first-order valence-corrected chi connectivity index (χ1v) is 7.21. The summed E-state index contributed by atoms with van der Waals surface area (Å²) in [6.07, 6.45) is 0.913. The van der Waals surface area contributed by atoms with E-state index in [1.54, 1.807) is 0 Å². The van der Waals surface area contributed by atoms with Crippen LogP contribution < -0.4 is 4.90 Å². The first-order valence-electron chi connectivity index (χ1n) is 7.21. The number of anilines is 1. The number of hydrogen-bond acceptors (Lipinski definition) is 8. The molecule has 9 heteroatoms. The van der Waals surface area contributed by atoms with Crippen molar-refractivity contribution in [1.82, 2.24) is 15.0 Å². The average molecular weight is 334 g/mol. The molecule has 0 spiro atoms. The molecule has 24 heavy (non-hydrogen) atoms. The highest BCUT2D eigenvalue weighted by Crippen LogP contribution is 2.23. The van der Waals surface area contributed by atoms with E-state index in [-0.39, 0.29) is 12.4 Å². The Morgan fingerprint density at radius 2 is 2.21 bits per heavy atom. The highest BCUT2D eigenvalue weighted by atomic mass is 16.6. The third-order valence-electron chi connectivity index (χ3n) is 3.43. The first-order chi connectivity index (χ1) is 11.6. The van der Waals surface area contributed by atoms with Crippen LogP contribution in [0.3, 0.4) is 0 Å². The van der Waals surface area contributed by atoms with Crippen LogP contribution in [0.4, 0.5) is 5.82 Å². The van der Waals surface area contributed by atoms with Gasteiger partial charge in [-0.25, -0.2) is 19.7 Å². The van der Waals surface area contributed by atoms with E-state index in [1.807, 2.05) is 24.0 Å². The number of hydrogen-bond donors (Lipinski definition) is 1. The molecule has 128 valence electrons. The second-order valence-electron chi connectivity index (χ2n) is 4.95. The molecule has 2 aromatic heterocycles. The fourth-order valence-electron chi connectivity index (χ4n) is 2.37. The van der Waals surface area contributed by atoms with E-state index in [9.17, 15) is 4.79 Å². The zero-order valence-corrected chi connectivity index (χ0v) is 13.4. The van der Waals surface area contributed by atoms with E-state index < -0.39 is 6.10 Å². The lowest BCUT2D eigenvalue weighted by Crippen LogP contribution is -2.47. The molecule has 0 bridgehead atoms. The molecule has 0 amide bonds. The van der Waals surface area contributed by atoms with Gasteiger partial charge in [-0.15, -0.1) is 0 Å². The minimum Gasteiger partial charge on any atom is -0.483 e. The standard InChI is InChI=1S/C14H16N4O3.CH2O2/c1-9-3-4-10-12(17-9)13(16-8-15-10)18-5-6-21-11(7-18)14(19)20-2;2-1-3/h3-4,8,11H,5-7H2,1-2H3;1H,(H,2,3). The Bertz CT molecular complexity index is 724. The predicted molar refractivity (Wildman–Crippen MR) is 84.7 cm³/mol. The van der Waals surface area contributed by atoms with Gasteiger partial charge >= 0.3 is 5.97 Å². The van der Waals surface area contributed by atoms with Crippen LogP contribution >= 0.6 is 0 Å². The Balaban J connectivity index is 0.000000647. The second kappa shape index (κ2) is 8.16. The number of aromatic nitrogens is 3. The highest BCUT2D eigenvalue weighted by molar-refractivity contribution is 5.86. The minimum atomic E-state index is -0.599. The summed E-state index contributed by atoms with van der Waals surface area (Å²) in [5, 5.41) is 6.89. The van der Waals surface area contributed by atoms with Gasteiger partial charge in [0.25, 0.3) is 6.47 Å². The molecule has 1 aliphatic heterocycles. The Hall–Kier alpha value is -2.81. The second-order valence-corrected chi connectivity index (χ2v) is 4.95. The summed E-state index contributed by atoms with van der Waals surface area (Å²) < 4.78 is 10.2. The summed E-state index contributed by atoms with van der Waals surface area (Å²) in [7, 11) is 1.36. The van der Waals surface area contributed by atoms with Gasteiger partial charge in [-0.1, -0.05) is 0 Å². The molecule has 1 saturated heterocycles. The molecule has 1 aliphatic rings. The summed E-state index contributed by atoms with van der Waals surface area (Å²) in [6, 6.07) is 3.83. The number of morpholine rings is 1. The lowest BCUT2D eigenvalue weighted by molar-refractivity contribution is -0.154. The monoisotopic (exact) mass is 334 g/mol. The summed E-state index contributed by atoms with van der Waals surface area (Å²) in [4.78, 5) is 35.1. The number of esters is 1. The smallest absolute Gasteiger partial charge is 0.336 e. The van der Waals surface area contributed by atoms with Gasteiger partial charge in [0.05, 0.1) is 25.8 Å². The van der Waals surface area contributed by atoms with Crippen molar-refractivity contribution in [2.75, 3.05) is 31.7 Å². The van der Waals surface area contributed by atoms with Crippen LogP contribution in [-0.4, -0.2) is 65.4 Å².